The Bertz CT molecular complexity index is 914. The van der Waals surface area contributed by atoms with Crippen LogP contribution < -0.4 is 0 Å². The molecule has 0 N–H and O–H groups in total. The van der Waals surface area contributed by atoms with Gasteiger partial charge >= 0.3 is 5.97 Å². The third kappa shape index (κ3) is 3.68. The lowest BCUT2D eigenvalue weighted by molar-refractivity contribution is -0.150. The fourth-order valence-electron chi connectivity index (χ4n) is 4.36. The van der Waals surface area contributed by atoms with Gasteiger partial charge in [0, 0.05) is 30.8 Å². The first kappa shape index (κ1) is 20.4. The maximum absolute atomic E-state index is 13.4. The molecule has 1 fully saturated rings. The van der Waals surface area contributed by atoms with Gasteiger partial charge in [0.05, 0.1) is 19.6 Å². The highest BCUT2D eigenvalue weighted by molar-refractivity contribution is 6.34. The lowest BCUT2D eigenvalue weighted by Gasteiger charge is -2.30. The van der Waals surface area contributed by atoms with Crippen molar-refractivity contribution < 1.29 is 23.9 Å². The van der Waals surface area contributed by atoms with E-state index in [1.54, 1.807) is 48.5 Å². The smallest absolute Gasteiger partial charge is 0.307 e. The molecule has 4 rings (SSSR count). The van der Waals surface area contributed by atoms with E-state index in [9.17, 15) is 14.4 Å². The van der Waals surface area contributed by atoms with Crippen LogP contribution in [0.4, 0.5) is 0 Å². The summed E-state index contributed by atoms with van der Waals surface area (Å²) in [5, 5.41) is 0. The average Bonchev–Trinajstić information content (AvgIpc) is 2.98. The summed E-state index contributed by atoms with van der Waals surface area (Å²) in [5.41, 5.74) is -0.323. The Balaban J connectivity index is 1.57. The highest BCUT2D eigenvalue weighted by Crippen LogP contribution is 2.42. The van der Waals surface area contributed by atoms with Crippen molar-refractivity contribution in [3.8, 4) is 0 Å². The molecule has 0 spiro atoms. The van der Waals surface area contributed by atoms with Gasteiger partial charge in [-0.1, -0.05) is 54.6 Å². The van der Waals surface area contributed by atoms with Gasteiger partial charge < -0.3 is 9.47 Å². The number of hydrogen-bond donors (Lipinski definition) is 0. The van der Waals surface area contributed by atoms with Crippen molar-refractivity contribution in [3.05, 3.63) is 71.3 Å². The highest BCUT2D eigenvalue weighted by atomic mass is 16.5. The van der Waals surface area contributed by atoms with Crippen molar-refractivity contribution in [2.45, 2.75) is 24.9 Å². The van der Waals surface area contributed by atoms with E-state index in [0.717, 1.165) is 13.1 Å². The fourth-order valence-corrected chi connectivity index (χ4v) is 4.36. The molecule has 2 aliphatic rings. The number of benzene rings is 2. The van der Waals surface area contributed by atoms with Gasteiger partial charge in [-0.3, -0.25) is 19.3 Å². The van der Waals surface area contributed by atoms with Crippen LogP contribution in [0.1, 0.15) is 39.6 Å². The van der Waals surface area contributed by atoms with E-state index < -0.39 is 11.4 Å². The zero-order chi connectivity index (χ0) is 21.1. The molecule has 156 valence electrons. The van der Waals surface area contributed by atoms with Gasteiger partial charge in [0.25, 0.3) is 0 Å². The Morgan fingerprint density at radius 2 is 1.57 bits per heavy atom. The summed E-state index contributed by atoms with van der Waals surface area (Å²) in [7, 11) is 0. The van der Waals surface area contributed by atoms with E-state index in [2.05, 4.69) is 4.90 Å². The van der Waals surface area contributed by atoms with Crippen molar-refractivity contribution in [1.82, 2.24) is 4.90 Å². The molecule has 2 aromatic carbocycles. The average molecular weight is 407 g/mol. The number of Topliss-reactive ketones (excluding diaryl/α,β-unsaturated/α-hetero) is 2. The Hall–Kier alpha value is -2.83. The van der Waals surface area contributed by atoms with Gasteiger partial charge in [-0.2, -0.15) is 0 Å². The third-order valence-corrected chi connectivity index (χ3v) is 5.82. The first-order chi connectivity index (χ1) is 14.5. The first-order valence-electron chi connectivity index (χ1n) is 10.3. The minimum absolute atomic E-state index is 0.309. The van der Waals surface area contributed by atoms with Crippen molar-refractivity contribution in [2.75, 3.05) is 32.8 Å². The van der Waals surface area contributed by atoms with Gasteiger partial charge in [-0.05, 0) is 12.5 Å². The summed E-state index contributed by atoms with van der Waals surface area (Å²) < 4.78 is 11.0. The molecule has 30 heavy (non-hydrogen) atoms. The molecule has 6 nitrogen and oxygen atoms in total. The van der Waals surface area contributed by atoms with Gasteiger partial charge in [0.15, 0.2) is 11.6 Å². The number of ether oxygens (including phenoxy) is 2. The predicted octanol–water partition coefficient (Wildman–Crippen LogP) is 2.66. The quantitative estimate of drug-likeness (QED) is 0.542. The number of ketones is 2. The number of hydrogen-bond acceptors (Lipinski definition) is 6. The molecule has 0 aromatic heterocycles. The number of carbonyl (C=O) groups excluding carboxylic acids is 3. The fraction of sp³-hybridized carbons (Fsp3) is 0.375. The lowest BCUT2D eigenvalue weighted by atomic mass is 9.73. The Morgan fingerprint density at radius 1 is 1.00 bits per heavy atom. The molecule has 1 heterocycles. The van der Waals surface area contributed by atoms with E-state index >= 15 is 0 Å². The Labute approximate surface area is 175 Å². The molecule has 0 bridgehead atoms. The monoisotopic (exact) mass is 407 g/mol. The molecule has 1 aliphatic carbocycles. The molecule has 1 atom stereocenters. The third-order valence-electron chi connectivity index (χ3n) is 5.82. The first-order valence-corrected chi connectivity index (χ1v) is 10.3. The minimum Gasteiger partial charge on any atom is -0.461 e. The number of nitrogens with zero attached hydrogens (tertiary/aromatic N) is 1. The topological polar surface area (TPSA) is 72.9 Å². The molecular weight excluding hydrogens is 382 g/mol. The van der Waals surface area contributed by atoms with E-state index in [1.165, 1.54) is 0 Å². The predicted molar refractivity (Wildman–Crippen MR) is 111 cm³/mol. The van der Waals surface area contributed by atoms with Crippen molar-refractivity contribution in [1.29, 1.82) is 0 Å². The summed E-state index contributed by atoms with van der Waals surface area (Å²) in [6.45, 7) is 5.34. The summed E-state index contributed by atoms with van der Waals surface area (Å²) in [4.78, 5) is 41.9. The van der Waals surface area contributed by atoms with Crippen molar-refractivity contribution in [2.24, 2.45) is 0 Å². The SMILES string of the molecule is CC(CN1CCOCC1)OC(=O)CC1(c2ccccc2)C(=O)c2ccccc2C1=O. The summed E-state index contributed by atoms with van der Waals surface area (Å²) >= 11 is 0. The molecule has 1 aliphatic heterocycles. The van der Waals surface area contributed by atoms with Gasteiger partial charge in [0.2, 0.25) is 0 Å². The van der Waals surface area contributed by atoms with Crippen LogP contribution >= 0.6 is 0 Å². The highest BCUT2D eigenvalue weighted by Gasteiger charge is 2.55. The van der Waals surface area contributed by atoms with Gasteiger partial charge in [-0.25, -0.2) is 0 Å². The second-order valence-electron chi connectivity index (χ2n) is 7.87. The van der Waals surface area contributed by atoms with Crippen LogP contribution in [0.15, 0.2) is 54.6 Å². The molecule has 0 radical (unpaired) electrons. The molecule has 2 aromatic rings. The largest absolute Gasteiger partial charge is 0.461 e. The Morgan fingerprint density at radius 3 is 2.17 bits per heavy atom. The Kier molecular flexibility index (Phi) is 5.79. The van der Waals surface area contributed by atoms with Gasteiger partial charge in [0.1, 0.15) is 11.5 Å². The summed E-state index contributed by atoms with van der Waals surface area (Å²) in [5.74, 6) is -1.23. The molecule has 1 saturated heterocycles. The van der Waals surface area contributed by atoms with E-state index in [-0.39, 0.29) is 24.1 Å². The van der Waals surface area contributed by atoms with Crippen molar-refractivity contribution >= 4 is 17.5 Å². The molecule has 0 amide bonds. The number of carbonyl (C=O) groups is 3. The van der Waals surface area contributed by atoms with E-state index in [0.29, 0.717) is 36.4 Å². The molecule has 0 saturated carbocycles. The van der Waals surface area contributed by atoms with Crippen LogP contribution in [-0.2, 0) is 19.7 Å². The number of esters is 1. The van der Waals surface area contributed by atoms with E-state index in [1.807, 2.05) is 13.0 Å². The zero-order valence-electron chi connectivity index (χ0n) is 17.0. The lowest BCUT2D eigenvalue weighted by Crippen LogP contribution is -2.43. The zero-order valence-corrected chi connectivity index (χ0v) is 17.0. The maximum Gasteiger partial charge on any atom is 0.307 e. The van der Waals surface area contributed by atoms with E-state index in [4.69, 9.17) is 9.47 Å². The van der Waals surface area contributed by atoms with Crippen LogP contribution in [-0.4, -0.2) is 61.4 Å². The summed E-state index contributed by atoms with van der Waals surface area (Å²) in [6.07, 6.45) is -0.658. The van der Waals surface area contributed by atoms with Crippen LogP contribution in [0, 0.1) is 0 Å². The minimum atomic E-state index is -1.57. The van der Waals surface area contributed by atoms with Crippen LogP contribution in [0.3, 0.4) is 0 Å². The van der Waals surface area contributed by atoms with Crippen LogP contribution in [0.2, 0.25) is 0 Å². The molecule has 1 unspecified atom stereocenters. The molecule has 6 heteroatoms. The molecular formula is C24H25NO5. The number of morpholine rings is 1. The summed E-state index contributed by atoms with van der Waals surface area (Å²) in [6, 6.07) is 15.6. The standard InChI is InChI=1S/C24H25NO5/c1-17(16-25-11-13-29-14-12-25)30-21(26)15-24(18-7-3-2-4-8-18)22(27)19-9-5-6-10-20(19)23(24)28/h2-10,17H,11-16H2,1H3. The number of fused-ring (bicyclic) bond motifs is 1. The van der Waals surface area contributed by atoms with Crippen LogP contribution in [0.5, 0.6) is 0 Å². The second-order valence-corrected chi connectivity index (χ2v) is 7.87. The number of rotatable bonds is 6. The van der Waals surface area contributed by atoms with Crippen LogP contribution in [0.25, 0.3) is 0 Å². The second kappa shape index (κ2) is 8.50. The normalized spacial score (nSPS) is 19.4. The van der Waals surface area contributed by atoms with Crippen molar-refractivity contribution in [3.63, 3.8) is 0 Å². The maximum atomic E-state index is 13.4. The van der Waals surface area contributed by atoms with Gasteiger partial charge in [-0.15, -0.1) is 0 Å².